The van der Waals surface area contributed by atoms with E-state index in [4.69, 9.17) is 0 Å². The number of rotatable bonds is 7. The predicted octanol–water partition coefficient (Wildman–Crippen LogP) is 4.67. The van der Waals surface area contributed by atoms with Crippen molar-refractivity contribution < 1.29 is 32.3 Å². The first-order chi connectivity index (χ1) is 26.7. The van der Waals surface area contributed by atoms with E-state index in [1.165, 1.54) is 22.1 Å². The number of imide groups is 1. The maximum atomic E-state index is 13.8. The Hall–Kier alpha value is -5.62. The number of hydrogen-bond acceptors (Lipinski definition) is 8. The second-order valence-corrected chi connectivity index (χ2v) is 15.7. The molecule has 1 aromatic heterocycles. The van der Waals surface area contributed by atoms with Gasteiger partial charge in [0.05, 0.1) is 40.2 Å². The molecule has 56 heavy (non-hydrogen) atoms. The summed E-state index contributed by atoms with van der Waals surface area (Å²) in [5.74, 6) is 4.87. The third-order valence-electron chi connectivity index (χ3n) is 11.7. The van der Waals surface area contributed by atoms with Crippen LogP contribution in [0.15, 0.2) is 55.4 Å². The van der Waals surface area contributed by atoms with Crippen LogP contribution >= 0.6 is 0 Å². The fourth-order valence-electron chi connectivity index (χ4n) is 8.09. The zero-order chi connectivity index (χ0) is 39.5. The second-order valence-electron chi connectivity index (χ2n) is 15.7. The average Bonchev–Trinajstić information content (AvgIpc) is 3.70. The van der Waals surface area contributed by atoms with Crippen LogP contribution in [0.5, 0.6) is 0 Å². The molecule has 2 N–H and O–H groups in total. The Bertz CT molecular complexity index is 2180. The number of aromatic nitrogens is 2. The number of amides is 4. The highest BCUT2D eigenvalue weighted by Gasteiger charge is 2.42. The van der Waals surface area contributed by atoms with Crippen molar-refractivity contribution in [1.29, 1.82) is 0 Å². The molecule has 292 valence electrons. The maximum absolute atomic E-state index is 13.8. The molecular weight excluding hydrogens is 725 g/mol. The van der Waals surface area contributed by atoms with Crippen molar-refractivity contribution in [3.05, 3.63) is 77.6 Å². The Balaban J connectivity index is 0.897. The van der Waals surface area contributed by atoms with E-state index in [9.17, 15) is 32.3 Å². The van der Waals surface area contributed by atoms with Crippen LogP contribution in [-0.4, -0.2) is 94.6 Å². The van der Waals surface area contributed by atoms with Crippen molar-refractivity contribution in [2.45, 2.75) is 69.8 Å². The van der Waals surface area contributed by atoms with Crippen LogP contribution in [0.25, 0.3) is 5.70 Å². The number of benzene rings is 2. The molecule has 8 rings (SSSR count). The van der Waals surface area contributed by atoms with Gasteiger partial charge in [0.25, 0.3) is 11.8 Å². The first-order valence-electron chi connectivity index (χ1n) is 19.0. The molecule has 0 bridgehead atoms. The number of carbonyl (C=O) groups excluding carboxylic acids is 4. The molecule has 5 aliphatic rings. The highest BCUT2D eigenvalue weighted by atomic mass is 19.4. The standard InChI is InChI=1S/C41H43F3N8O4/c1-25-31-9-8-30(20-32(31)38(55)52(25)34-11-12-36(53)47-37(34)54)50-22-27(23-50)6-5-26-21-45-51(24-26)40(2,3)39(56)46-33-10-7-28(41(42,43)44)19-35(33)49-17-13-29(14-18-49)48-15-4-16-48/h7-10,19-21,24,27,29,34H,1,4,11-18,22-23H2,2-3H3,(H,46,56)(H,47,53,54). The molecular formula is C41H43F3N8O4. The highest BCUT2D eigenvalue weighted by Crippen LogP contribution is 2.40. The van der Waals surface area contributed by atoms with E-state index in [2.05, 4.69) is 44.0 Å². The predicted molar refractivity (Wildman–Crippen MR) is 203 cm³/mol. The summed E-state index contributed by atoms with van der Waals surface area (Å²) in [6.07, 6.45) is 2.03. The van der Waals surface area contributed by atoms with Crippen LogP contribution in [0, 0.1) is 17.8 Å². The number of alkyl halides is 3. The first-order valence-corrected chi connectivity index (χ1v) is 19.0. The summed E-state index contributed by atoms with van der Waals surface area (Å²) >= 11 is 0. The van der Waals surface area contributed by atoms with Crippen molar-refractivity contribution in [1.82, 2.24) is 24.9 Å². The topological polar surface area (TPSA) is 123 Å². The summed E-state index contributed by atoms with van der Waals surface area (Å²) in [7, 11) is 0. The van der Waals surface area contributed by atoms with Gasteiger partial charge in [-0.3, -0.25) is 34.1 Å². The van der Waals surface area contributed by atoms with Crippen molar-refractivity contribution >= 4 is 46.4 Å². The maximum Gasteiger partial charge on any atom is 0.416 e. The van der Waals surface area contributed by atoms with Crippen molar-refractivity contribution in [2.75, 3.05) is 54.4 Å². The normalized spacial score (nSPS) is 20.9. The Labute approximate surface area is 322 Å². The van der Waals surface area contributed by atoms with E-state index in [1.807, 2.05) is 17.0 Å². The quantitative estimate of drug-likeness (QED) is 0.263. The van der Waals surface area contributed by atoms with Gasteiger partial charge in [0, 0.05) is 61.8 Å². The first kappa shape index (κ1) is 37.3. The summed E-state index contributed by atoms with van der Waals surface area (Å²) < 4.78 is 42.9. The summed E-state index contributed by atoms with van der Waals surface area (Å²) in [6.45, 7) is 12.0. The fourth-order valence-corrected chi connectivity index (χ4v) is 8.09. The van der Waals surface area contributed by atoms with Gasteiger partial charge in [0.2, 0.25) is 11.8 Å². The number of halogens is 3. The Morgan fingerprint density at radius 2 is 1.71 bits per heavy atom. The fraction of sp³-hybridized carbons (Fsp3) is 0.439. The van der Waals surface area contributed by atoms with Gasteiger partial charge in [-0.25, -0.2) is 0 Å². The zero-order valence-electron chi connectivity index (χ0n) is 31.3. The van der Waals surface area contributed by atoms with E-state index in [1.54, 1.807) is 32.3 Å². The number of carbonyl (C=O) groups is 4. The Morgan fingerprint density at radius 3 is 2.39 bits per heavy atom. The monoisotopic (exact) mass is 768 g/mol. The number of fused-ring (bicyclic) bond motifs is 1. The number of anilines is 3. The third-order valence-corrected chi connectivity index (χ3v) is 11.7. The molecule has 0 radical (unpaired) electrons. The lowest BCUT2D eigenvalue weighted by Gasteiger charge is -2.44. The molecule has 6 heterocycles. The molecule has 4 saturated heterocycles. The van der Waals surface area contributed by atoms with Gasteiger partial charge in [0.15, 0.2) is 0 Å². The van der Waals surface area contributed by atoms with Gasteiger partial charge >= 0.3 is 6.18 Å². The average molecular weight is 769 g/mol. The molecule has 12 nitrogen and oxygen atoms in total. The molecule has 0 spiro atoms. The van der Waals surface area contributed by atoms with E-state index < -0.39 is 35.1 Å². The van der Waals surface area contributed by atoms with E-state index in [0.717, 1.165) is 43.8 Å². The van der Waals surface area contributed by atoms with Gasteiger partial charge < -0.3 is 20.0 Å². The minimum Gasteiger partial charge on any atom is -0.370 e. The van der Waals surface area contributed by atoms with E-state index in [0.29, 0.717) is 66.0 Å². The third kappa shape index (κ3) is 6.91. The molecule has 4 amide bonds. The molecule has 0 saturated carbocycles. The van der Waals surface area contributed by atoms with Crippen LogP contribution < -0.4 is 20.4 Å². The number of nitrogens with one attached hydrogen (secondary N) is 2. The lowest BCUT2D eigenvalue weighted by atomic mass is 9.98. The second kappa shape index (κ2) is 14.1. The molecule has 1 atom stereocenters. The van der Waals surface area contributed by atoms with Gasteiger partial charge in [-0.1, -0.05) is 24.5 Å². The van der Waals surface area contributed by atoms with Gasteiger partial charge in [0.1, 0.15) is 11.6 Å². The largest absolute Gasteiger partial charge is 0.416 e. The van der Waals surface area contributed by atoms with Gasteiger partial charge in [-0.2, -0.15) is 18.3 Å². The van der Waals surface area contributed by atoms with Crippen molar-refractivity contribution in [2.24, 2.45) is 5.92 Å². The molecule has 4 fully saturated rings. The summed E-state index contributed by atoms with van der Waals surface area (Å²) in [5.41, 5.74) is 1.75. The summed E-state index contributed by atoms with van der Waals surface area (Å²) in [4.78, 5) is 59.1. The van der Waals surface area contributed by atoms with Gasteiger partial charge in [-0.15, -0.1) is 0 Å². The molecule has 15 heteroatoms. The minimum atomic E-state index is -4.52. The Kier molecular flexibility index (Phi) is 9.43. The number of likely N-dealkylation sites (tertiary alicyclic amines) is 1. The SMILES string of the molecule is C=C1c2ccc(N3CC(C#Cc4cnn(C(C)(C)C(=O)Nc5ccc(C(F)(F)F)cc5N5CCC(N6CCC6)CC5)c4)C3)cc2C(=O)N1C1CCC(=O)NC1=O. The van der Waals surface area contributed by atoms with Crippen LogP contribution in [0.3, 0.4) is 0 Å². The van der Waals surface area contributed by atoms with Crippen molar-refractivity contribution in [3.63, 3.8) is 0 Å². The van der Waals surface area contributed by atoms with Crippen molar-refractivity contribution in [3.8, 4) is 11.8 Å². The lowest BCUT2D eigenvalue weighted by Crippen LogP contribution is -2.52. The molecule has 5 aliphatic heterocycles. The van der Waals surface area contributed by atoms with Crippen LogP contribution in [0.4, 0.5) is 30.2 Å². The van der Waals surface area contributed by atoms with Crippen LogP contribution in [-0.2, 0) is 26.1 Å². The minimum absolute atomic E-state index is 0.0441. The summed E-state index contributed by atoms with van der Waals surface area (Å²) in [6, 6.07) is 8.67. The number of nitrogens with zero attached hydrogens (tertiary/aromatic N) is 6. The van der Waals surface area contributed by atoms with Gasteiger partial charge in [-0.05, 0) is 83.0 Å². The van der Waals surface area contributed by atoms with E-state index in [-0.39, 0.29) is 30.6 Å². The van der Waals surface area contributed by atoms with Crippen LogP contribution in [0.1, 0.15) is 73.0 Å². The smallest absolute Gasteiger partial charge is 0.370 e. The molecule has 3 aromatic rings. The number of piperidine rings is 2. The summed E-state index contributed by atoms with van der Waals surface area (Å²) in [5, 5.41) is 9.63. The van der Waals surface area contributed by atoms with Crippen LogP contribution in [0.2, 0.25) is 0 Å². The highest BCUT2D eigenvalue weighted by molar-refractivity contribution is 6.13. The molecule has 0 aliphatic carbocycles. The molecule has 1 unspecified atom stereocenters. The van der Waals surface area contributed by atoms with E-state index >= 15 is 0 Å². The Morgan fingerprint density at radius 1 is 0.964 bits per heavy atom. The zero-order valence-corrected chi connectivity index (χ0v) is 31.3. The number of hydrogen-bond donors (Lipinski definition) is 2. The molecule has 2 aromatic carbocycles. The lowest BCUT2D eigenvalue weighted by molar-refractivity contribution is -0.138.